The minimum Gasteiger partial charge on any atom is -0.340 e. The number of benzene rings is 3. The molecule has 0 bridgehead atoms. The highest BCUT2D eigenvalue weighted by atomic mass is 35.5. The second-order valence-corrected chi connectivity index (χ2v) is 10.4. The van der Waals surface area contributed by atoms with E-state index in [0.29, 0.717) is 16.6 Å². The van der Waals surface area contributed by atoms with Crippen LogP contribution in [0.2, 0.25) is 10.0 Å². The Bertz CT molecular complexity index is 1400. The van der Waals surface area contributed by atoms with Crippen molar-refractivity contribution in [3.8, 4) is 0 Å². The smallest absolute Gasteiger partial charge is 0.238 e. The number of para-hydroxylation sites is 1. The average molecular weight is 539 g/mol. The number of hydrogen-bond donors (Lipinski definition) is 2. The lowest BCUT2D eigenvalue weighted by Crippen LogP contribution is -2.17. The third-order valence-electron chi connectivity index (χ3n) is 5.85. The van der Waals surface area contributed by atoms with Crippen molar-refractivity contribution in [3.63, 3.8) is 0 Å². The summed E-state index contributed by atoms with van der Waals surface area (Å²) >= 11 is 12.5. The van der Waals surface area contributed by atoms with Gasteiger partial charge in [-0.1, -0.05) is 59.6 Å². The molecule has 9 heteroatoms. The van der Waals surface area contributed by atoms with Gasteiger partial charge in [-0.05, 0) is 66.9 Å². The maximum Gasteiger partial charge on any atom is 0.238 e. The summed E-state index contributed by atoms with van der Waals surface area (Å²) in [6.07, 6.45) is 0.781. The van der Waals surface area contributed by atoms with E-state index in [2.05, 4.69) is 35.0 Å². The van der Waals surface area contributed by atoms with Gasteiger partial charge in [0.25, 0.3) is 0 Å². The Kier molecular flexibility index (Phi) is 8.68. The molecule has 0 amide bonds. The van der Waals surface area contributed by atoms with Crippen LogP contribution in [-0.4, -0.2) is 19.5 Å². The zero-order chi connectivity index (χ0) is 23.6. The summed E-state index contributed by atoms with van der Waals surface area (Å²) in [6, 6.07) is 20.7. The van der Waals surface area contributed by atoms with Crippen LogP contribution in [0.25, 0.3) is 10.9 Å². The van der Waals surface area contributed by atoms with Gasteiger partial charge in [0.15, 0.2) is 0 Å². The first kappa shape index (κ1) is 26.5. The molecule has 1 aromatic heterocycles. The lowest BCUT2D eigenvalue weighted by molar-refractivity contribution is 0.597. The number of nitrogens with zero attached hydrogens (tertiary/aromatic N) is 1. The third-order valence-corrected chi connectivity index (χ3v) is 7.37. The minimum absolute atomic E-state index is 0. The molecule has 0 aliphatic carbocycles. The van der Waals surface area contributed by atoms with Gasteiger partial charge < -0.3 is 9.88 Å². The van der Waals surface area contributed by atoms with Gasteiger partial charge in [-0.25, -0.2) is 13.6 Å². The van der Waals surface area contributed by atoms with Crippen molar-refractivity contribution >= 4 is 56.5 Å². The number of fused-ring (bicyclic) bond motifs is 1. The molecule has 0 spiro atoms. The summed E-state index contributed by atoms with van der Waals surface area (Å²) in [7, 11) is -3.66. The Morgan fingerprint density at radius 3 is 2.38 bits per heavy atom. The van der Waals surface area contributed by atoms with Gasteiger partial charge in [-0.3, -0.25) is 0 Å². The van der Waals surface area contributed by atoms with E-state index in [1.54, 1.807) is 30.3 Å². The standard InChI is InChI=1S/C25H25Cl2N3O2S.ClH/c1-17-23(15-29-13-12-18-6-10-21(11-7-18)33(28,31)32)22-4-2-3-5-25(22)30(17)16-19-8-9-20(26)14-24(19)27;/h2-11,14,29H,12-13,15-16H2,1H3,(H2,28,31,32);1H. The summed E-state index contributed by atoms with van der Waals surface area (Å²) in [5.41, 5.74) is 5.67. The zero-order valence-corrected chi connectivity index (χ0v) is 21.7. The predicted octanol–water partition coefficient (Wildman–Crippen LogP) is 5.71. The first-order valence-electron chi connectivity index (χ1n) is 10.6. The summed E-state index contributed by atoms with van der Waals surface area (Å²) in [5, 5.41) is 11.2. The summed E-state index contributed by atoms with van der Waals surface area (Å²) < 4.78 is 25.1. The molecule has 0 unspecified atom stereocenters. The number of primary sulfonamides is 1. The molecule has 180 valence electrons. The molecule has 4 aromatic rings. The van der Waals surface area contributed by atoms with Crippen molar-refractivity contribution in [1.82, 2.24) is 9.88 Å². The molecule has 1 heterocycles. The Morgan fingerprint density at radius 1 is 1.00 bits per heavy atom. The Hall–Kier alpha value is -2.06. The van der Waals surface area contributed by atoms with E-state index in [9.17, 15) is 8.42 Å². The van der Waals surface area contributed by atoms with Crippen molar-refractivity contribution in [2.24, 2.45) is 5.14 Å². The lowest BCUT2D eigenvalue weighted by atomic mass is 10.1. The van der Waals surface area contributed by atoms with Crippen LogP contribution in [0.4, 0.5) is 0 Å². The molecular weight excluding hydrogens is 513 g/mol. The van der Waals surface area contributed by atoms with Crippen LogP contribution in [0.5, 0.6) is 0 Å². The normalized spacial score (nSPS) is 11.5. The third kappa shape index (κ3) is 5.95. The number of nitrogens with one attached hydrogen (secondary N) is 1. The van der Waals surface area contributed by atoms with Gasteiger partial charge in [-0.15, -0.1) is 12.4 Å². The lowest BCUT2D eigenvalue weighted by Gasteiger charge is -2.11. The van der Waals surface area contributed by atoms with E-state index in [1.807, 2.05) is 18.2 Å². The van der Waals surface area contributed by atoms with Crippen molar-refractivity contribution in [3.05, 3.63) is 99.2 Å². The number of hydrogen-bond acceptors (Lipinski definition) is 3. The summed E-state index contributed by atoms with van der Waals surface area (Å²) in [4.78, 5) is 0.128. The molecule has 0 aliphatic rings. The van der Waals surface area contributed by atoms with E-state index in [0.717, 1.165) is 36.2 Å². The second kappa shape index (κ2) is 11.1. The largest absolute Gasteiger partial charge is 0.340 e. The van der Waals surface area contributed by atoms with Gasteiger partial charge >= 0.3 is 0 Å². The Balaban J connectivity index is 0.00000324. The Labute approximate surface area is 216 Å². The van der Waals surface area contributed by atoms with Gasteiger partial charge in [0, 0.05) is 39.7 Å². The molecule has 4 rings (SSSR count). The maximum absolute atomic E-state index is 11.4. The second-order valence-electron chi connectivity index (χ2n) is 8.02. The zero-order valence-electron chi connectivity index (χ0n) is 18.6. The fraction of sp³-hybridized carbons (Fsp3) is 0.200. The fourth-order valence-electron chi connectivity index (χ4n) is 4.04. The molecule has 0 fully saturated rings. The van der Waals surface area contributed by atoms with Gasteiger partial charge in [-0.2, -0.15) is 0 Å². The fourth-order valence-corrected chi connectivity index (χ4v) is 5.03. The molecule has 0 saturated carbocycles. The van der Waals surface area contributed by atoms with E-state index < -0.39 is 10.0 Å². The number of halogens is 3. The molecule has 3 aromatic carbocycles. The quantitative estimate of drug-likeness (QED) is 0.282. The topological polar surface area (TPSA) is 77.1 Å². The van der Waals surface area contributed by atoms with Gasteiger partial charge in [0.2, 0.25) is 10.0 Å². The molecule has 0 atom stereocenters. The number of nitrogens with two attached hydrogens (primary N) is 1. The highest BCUT2D eigenvalue weighted by Gasteiger charge is 2.15. The monoisotopic (exact) mass is 537 g/mol. The van der Waals surface area contributed by atoms with Gasteiger partial charge in [0.05, 0.1) is 4.90 Å². The number of sulfonamides is 1. The van der Waals surface area contributed by atoms with Crippen LogP contribution in [0, 0.1) is 6.92 Å². The highest BCUT2D eigenvalue weighted by molar-refractivity contribution is 7.89. The van der Waals surface area contributed by atoms with Crippen molar-refractivity contribution in [2.75, 3.05) is 6.54 Å². The maximum atomic E-state index is 11.4. The predicted molar refractivity (Wildman–Crippen MR) is 143 cm³/mol. The molecule has 0 aliphatic heterocycles. The minimum atomic E-state index is -3.66. The van der Waals surface area contributed by atoms with Crippen LogP contribution in [0.3, 0.4) is 0 Å². The van der Waals surface area contributed by atoms with E-state index >= 15 is 0 Å². The number of aromatic nitrogens is 1. The van der Waals surface area contributed by atoms with Crippen molar-refractivity contribution in [2.45, 2.75) is 31.3 Å². The molecule has 3 N–H and O–H groups in total. The molecule has 0 saturated heterocycles. The SMILES string of the molecule is Cc1c(CNCCc2ccc(S(N)(=O)=O)cc2)c2ccccc2n1Cc1ccc(Cl)cc1Cl.Cl. The first-order chi connectivity index (χ1) is 15.7. The molecule has 5 nitrogen and oxygen atoms in total. The van der Waals surface area contributed by atoms with Crippen LogP contribution in [0.1, 0.15) is 22.4 Å². The summed E-state index contributed by atoms with van der Waals surface area (Å²) in [5.74, 6) is 0. The van der Waals surface area contributed by atoms with Crippen LogP contribution in [-0.2, 0) is 29.5 Å². The average Bonchev–Trinajstić information content (AvgIpc) is 3.04. The summed E-state index contributed by atoms with van der Waals surface area (Å²) in [6.45, 7) is 4.28. The van der Waals surface area contributed by atoms with E-state index in [4.69, 9.17) is 28.3 Å². The van der Waals surface area contributed by atoms with E-state index in [-0.39, 0.29) is 17.3 Å². The van der Waals surface area contributed by atoms with Crippen molar-refractivity contribution < 1.29 is 8.42 Å². The highest BCUT2D eigenvalue weighted by Crippen LogP contribution is 2.29. The first-order valence-corrected chi connectivity index (χ1v) is 12.9. The molecule has 0 radical (unpaired) electrons. The van der Waals surface area contributed by atoms with Crippen molar-refractivity contribution in [1.29, 1.82) is 0 Å². The molecule has 34 heavy (non-hydrogen) atoms. The van der Waals surface area contributed by atoms with Crippen LogP contribution < -0.4 is 10.5 Å². The Morgan fingerprint density at radius 2 is 1.71 bits per heavy atom. The van der Waals surface area contributed by atoms with Crippen LogP contribution in [0.15, 0.2) is 71.6 Å². The van der Waals surface area contributed by atoms with E-state index in [1.165, 1.54) is 16.6 Å². The number of rotatable bonds is 8. The van der Waals surface area contributed by atoms with Crippen LogP contribution >= 0.6 is 35.6 Å². The molecular formula is C25H26Cl3N3O2S. The van der Waals surface area contributed by atoms with Gasteiger partial charge in [0.1, 0.15) is 0 Å².